The van der Waals surface area contributed by atoms with Crippen molar-refractivity contribution in [2.75, 3.05) is 13.2 Å². The van der Waals surface area contributed by atoms with Gasteiger partial charge in [-0.15, -0.1) is 0 Å². The Hall–Kier alpha value is -1.20. The lowest BCUT2D eigenvalue weighted by atomic mass is 9.99. The largest absolute Gasteiger partial charge is 0.395 e. The van der Waals surface area contributed by atoms with Gasteiger partial charge in [-0.05, 0) is 12.1 Å². The fourth-order valence-electron chi connectivity index (χ4n) is 1.50. The maximum atomic E-state index is 11.9. The van der Waals surface area contributed by atoms with E-state index >= 15 is 0 Å². The molecule has 18 heavy (non-hydrogen) atoms. The summed E-state index contributed by atoms with van der Waals surface area (Å²) in [7, 11) is 0. The molecule has 1 atom stereocenters. The molecule has 0 saturated heterocycles. The third kappa shape index (κ3) is 4.58. The second-order valence-corrected chi connectivity index (χ2v) is 4.97. The van der Waals surface area contributed by atoms with Crippen molar-refractivity contribution >= 4 is 27.6 Å². The van der Waals surface area contributed by atoms with E-state index in [1.807, 2.05) is 6.07 Å². The molecule has 0 bridgehead atoms. The van der Waals surface area contributed by atoms with Crippen LogP contribution in [0.25, 0.3) is 0 Å². The highest BCUT2D eigenvalue weighted by molar-refractivity contribution is 9.10. The van der Waals surface area contributed by atoms with E-state index in [0.29, 0.717) is 5.56 Å². The quantitative estimate of drug-likeness (QED) is 0.787. The summed E-state index contributed by atoms with van der Waals surface area (Å²) in [4.78, 5) is 23.5. The van der Waals surface area contributed by atoms with Crippen LogP contribution in [-0.4, -0.2) is 29.9 Å². The van der Waals surface area contributed by atoms with Crippen LogP contribution in [0.5, 0.6) is 0 Å². The van der Waals surface area contributed by atoms with Gasteiger partial charge < -0.3 is 10.4 Å². The summed E-state index contributed by atoms with van der Waals surface area (Å²) in [6, 6.07) is 7.09. The van der Waals surface area contributed by atoms with Gasteiger partial charge in [0.1, 0.15) is 0 Å². The second kappa shape index (κ2) is 7.28. The van der Waals surface area contributed by atoms with Crippen LogP contribution in [0.4, 0.5) is 0 Å². The minimum absolute atomic E-state index is 0.0667. The molecular formula is C13H16BrNO3. The molecule has 0 saturated carbocycles. The van der Waals surface area contributed by atoms with E-state index in [1.165, 1.54) is 0 Å². The Morgan fingerprint density at radius 3 is 2.78 bits per heavy atom. The van der Waals surface area contributed by atoms with Crippen molar-refractivity contribution < 1.29 is 14.7 Å². The number of carbonyl (C=O) groups is 2. The van der Waals surface area contributed by atoms with Gasteiger partial charge in [0.2, 0.25) is 5.91 Å². The summed E-state index contributed by atoms with van der Waals surface area (Å²) in [6.07, 6.45) is 0.160. The van der Waals surface area contributed by atoms with Crippen LogP contribution in [0.2, 0.25) is 0 Å². The second-order valence-electron chi connectivity index (χ2n) is 4.05. The number of amides is 1. The number of ketones is 1. The van der Waals surface area contributed by atoms with E-state index in [9.17, 15) is 9.59 Å². The molecule has 1 rings (SSSR count). The first kappa shape index (κ1) is 14.9. The average Bonchev–Trinajstić information content (AvgIpc) is 2.35. The SMILES string of the molecule is CC(CC(=O)c1cccc(Br)c1)C(=O)NCCO. The molecular weight excluding hydrogens is 298 g/mol. The third-order valence-electron chi connectivity index (χ3n) is 2.50. The van der Waals surface area contributed by atoms with E-state index in [0.717, 1.165) is 4.47 Å². The fraction of sp³-hybridized carbons (Fsp3) is 0.385. The number of hydrogen-bond donors (Lipinski definition) is 2. The monoisotopic (exact) mass is 313 g/mol. The Labute approximate surface area is 115 Å². The lowest BCUT2D eigenvalue weighted by Crippen LogP contribution is -2.32. The minimum atomic E-state index is -0.400. The Morgan fingerprint density at radius 2 is 2.17 bits per heavy atom. The van der Waals surface area contributed by atoms with E-state index in [1.54, 1.807) is 25.1 Å². The van der Waals surface area contributed by atoms with E-state index in [4.69, 9.17) is 5.11 Å². The van der Waals surface area contributed by atoms with Crippen molar-refractivity contribution in [1.29, 1.82) is 0 Å². The maximum Gasteiger partial charge on any atom is 0.223 e. The number of nitrogens with one attached hydrogen (secondary N) is 1. The van der Waals surface area contributed by atoms with E-state index in [2.05, 4.69) is 21.2 Å². The molecule has 0 spiro atoms. The van der Waals surface area contributed by atoms with E-state index < -0.39 is 5.92 Å². The first-order valence-corrected chi connectivity index (χ1v) is 6.51. The number of hydrogen-bond acceptors (Lipinski definition) is 3. The summed E-state index contributed by atoms with van der Waals surface area (Å²) in [5.74, 6) is -0.682. The standard InChI is InChI=1S/C13H16BrNO3/c1-9(13(18)15-5-6-16)7-12(17)10-3-2-4-11(14)8-10/h2-4,8-9,16H,5-7H2,1H3,(H,15,18). The number of halogens is 1. The molecule has 1 aromatic rings. The molecule has 0 aliphatic carbocycles. The van der Waals surface area contributed by atoms with Gasteiger partial charge in [0.25, 0.3) is 0 Å². The average molecular weight is 314 g/mol. The zero-order valence-corrected chi connectivity index (χ0v) is 11.7. The number of Topliss-reactive ketones (excluding diaryl/α,β-unsaturated/α-hetero) is 1. The summed E-state index contributed by atoms with van der Waals surface area (Å²) in [6.45, 7) is 1.81. The van der Waals surface area contributed by atoms with Crippen LogP contribution in [0.15, 0.2) is 28.7 Å². The molecule has 0 aromatic heterocycles. The first-order chi connectivity index (χ1) is 8.54. The molecule has 1 aromatic carbocycles. The van der Waals surface area contributed by atoms with Crippen LogP contribution in [0.1, 0.15) is 23.7 Å². The topological polar surface area (TPSA) is 66.4 Å². The highest BCUT2D eigenvalue weighted by Gasteiger charge is 2.17. The van der Waals surface area contributed by atoms with Crippen LogP contribution in [0, 0.1) is 5.92 Å². The van der Waals surface area contributed by atoms with Crippen LogP contribution < -0.4 is 5.32 Å². The highest BCUT2D eigenvalue weighted by Crippen LogP contribution is 2.15. The third-order valence-corrected chi connectivity index (χ3v) is 2.99. The van der Waals surface area contributed by atoms with Gasteiger partial charge in [-0.1, -0.05) is 35.0 Å². The Kier molecular flexibility index (Phi) is 6.01. The Balaban J connectivity index is 2.56. The zero-order chi connectivity index (χ0) is 13.5. The fourth-order valence-corrected chi connectivity index (χ4v) is 1.90. The first-order valence-electron chi connectivity index (χ1n) is 5.72. The highest BCUT2D eigenvalue weighted by atomic mass is 79.9. The summed E-state index contributed by atoms with van der Waals surface area (Å²) in [5.41, 5.74) is 0.589. The number of aliphatic hydroxyl groups excluding tert-OH is 1. The van der Waals surface area contributed by atoms with Gasteiger partial charge in [-0.2, -0.15) is 0 Å². The number of aliphatic hydroxyl groups is 1. The number of benzene rings is 1. The van der Waals surface area contributed by atoms with Crippen LogP contribution in [-0.2, 0) is 4.79 Å². The van der Waals surface area contributed by atoms with Crippen molar-refractivity contribution in [3.05, 3.63) is 34.3 Å². The number of carbonyl (C=O) groups excluding carboxylic acids is 2. The van der Waals surface area contributed by atoms with Crippen molar-refractivity contribution in [2.45, 2.75) is 13.3 Å². The smallest absolute Gasteiger partial charge is 0.223 e. The van der Waals surface area contributed by atoms with Crippen LogP contribution in [0.3, 0.4) is 0 Å². The van der Waals surface area contributed by atoms with E-state index in [-0.39, 0.29) is 31.3 Å². The summed E-state index contributed by atoms with van der Waals surface area (Å²) < 4.78 is 0.839. The molecule has 2 N–H and O–H groups in total. The predicted octanol–water partition coefficient (Wildman–Crippen LogP) is 1.77. The van der Waals surface area contributed by atoms with Gasteiger partial charge in [0, 0.05) is 28.9 Å². The van der Waals surface area contributed by atoms with Gasteiger partial charge in [-0.25, -0.2) is 0 Å². The molecule has 5 heteroatoms. The lowest BCUT2D eigenvalue weighted by Gasteiger charge is -2.10. The summed E-state index contributed by atoms with van der Waals surface area (Å²) in [5, 5.41) is 11.2. The number of rotatable bonds is 6. The molecule has 0 fully saturated rings. The molecule has 4 nitrogen and oxygen atoms in total. The Bertz CT molecular complexity index is 434. The maximum absolute atomic E-state index is 11.9. The van der Waals surface area contributed by atoms with Crippen molar-refractivity contribution in [3.63, 3.8) is 0 Å². The Morgan fingerprint density at radius 1 is 1.44 bits per heavy atom. The van der Waals surface area contributed by atoms with Gasteiger partial charge >= 0.3 is 0 Å². The molecule has 0 heterocycles. The molecule has 1 unspecified atom stereocenters. The van der Waals surface area contributed by atoms with Crippen molar-refractivity contribution in [3.8, 4) is 0 Å². The van der Waals surface area contributed by atoms with Crippen LogP contribution >= 0.6 is 15.9 Å². The van der Waals surface area contributed by atoms with Crippen molar-refractivity contribution in [2.24, 2.45) is 5.92 Å². The van der Waals surface area contributed by atoms with Gasteiger partial charge in [0.15, 0.2) is 5.78 Å². The zero-order valence-electron chi connectivity index (χ0n) is 10.1. The molecule has 0 aliphatic rings. The van der Waals surface area contributed by atoms with Gasteiger partial charge in [0.05, 0.1) is 6.61 Å². The summed E-state index contributed by atoms with van der Waals surface area (Å²) >= 11 is 3.30. The molecule has 98 valence electrons. The van der Waals surface area contributed by atoms with Gasteiger partial charge in [-0.3, -0.25) is 9.59 Å². The normalized spacial score (nSPS) is 11.9. The molecule has 0 radical (unpaired) electrons. The lowest BCUT2D eigenvalue weighted by molar-refractivity contribution is -0.124. The predicted molar refractivity (Wildman–Crippen MR) is 72.3 cm³/mol. The minimum Gasteiger partial charge on any atom is -0.395 e. The molecule has 0 aliphatic heterocycles. The van der Waals surface area contributed by atoms with Crippen molar-refractivity contribution in [1.82, 2.24) is 5.32 Å². The molecule has 1 amide bonds.